The highest BCUT2D eigenvalue weighted by atomic mass is 35.5. The van der Waals surface area contributed by atoms with Gasteiger partial charge in [0, 0.05) is 42.8 Å². The Balaban J connectivity index is 1.51. The Morgan fingerprint density at radius 2 is 1.79 bits per heavy atom. The summed E-state index contributed by atoms with van der Waals surface area (Å²) in [5.41, 5.74) is 2.00. The van der Waals surface area contributed by atoms with Crippen LogP contribution in [-0.2, 0) is 4.79 Å². The van der Waals surface area contributed by atoms with Gasteiger partial charge in [0.25, 0.3) is 0 Å². The third-order valence-electron chi connectivity index (χ3n) is 5.46. The minimum absolute atomic E-state index is 0.0271. The number of nitrogens with zero attached hydrogens (tertiary/aromatic N) is 3. The van der Waals surface area contributed by atoms with Gasteiger partial charge >= 0.3 is 0 Å². The maximum absolute atomic E-state index is 12.7. The molecule has 2 N–H and O–H groups in total. The van der Waals surface area contributed by atoms with Crippen LogP contribution in [0, 0.1) is 12.8 Å². The van der Waals surface area contributed by atoms with Crippen molar-refractivity contribution in [1.82, 2.24) is 15.3 Å². The van der Waals surface area contributed by atoms with E-state index in [9.17, 15) is 4.79 Å². The number of rotatable bonds is 6. The van der Waals surface area contributed by atoms with E-state index in [-0.39, 0.29) is 17.9 Å². The predicted molar refractivity (Wildman–Crippen MR) is 118 cm³/mol. The Morgan fingerprint density at radius 1 is 1.14 bits per heavy atom. The lowest BCUT2D eigenvalue weighted by Crippen LogP contribution is -2.37. The van der Waals surface area contributed by atoms with Crippen LogP contribution >= 0.6 is 11.6 Å². The number of benzene rings is 1. The molecule has 0 unspecified atom stereocenters. The van der Waals surface area contributed by atoms with Gasteiger partial charge in [-0.2, -0.15) is 4.98 Å². The summed E-state index contributed by atoms with van der Waals surface area (Å²) in [6.45, 7) is 3.98. The lowest BCUT2D eigenvalue weighted by molar-refractivity contribution is -0.126. The van der Waals surface area contributed by atoms with E-state index in [1.807, 2.05) is 63.2 Å². The first-order chi connectivity index (χ1) is 13.8. The van der Waals surface area contributed by atoms with Crippen LogP contribution < -0.4 is 15.5 Å². The van der Waals surface area contributed by atoms with Crippen molar-refractivity contribution in [2.24, 2.45) is 5.92 Å². The van der Waals surface area contributed by atoms with E-state index in [2.05, 4.69) is 20.6 Å². The van der Waals surface area contributed by atoms with Crippen molar-refractivity contribution >= 4 is 29.3 Å². The molecule has 0 radical (unpaired) electrons. The van der Waals surface area contributed by atoms with Crippen molar-refractivity contribution in [3.8, 4) is 0 Å². The van der Waals surface area contributed by atoms with Crippen LogP contribution in [0.3, 0.4) is 0 Å². The first kappa shape index (κ1) is 21.4. The van der Waals surface area contributed by atoms with Gasteiger partial charge in [0.1, 0.15) is 5.82 Å². The Morgan fingerprint density at radius 3 is 2.41 bits per heavy atom. The van der Waals surface area contributed by atoms with Crippen LogP contribution in [0.25, 0.3) is 0 Å². The molecule has 7 heteroatoms. The molecule has 1 amide bonds. The molecule has 1 heterocycles. The first-order valence-electron chi connectivity index (χ1n) is 10.2. The van der Waals surface area contributed by atoms with Crippen molar-refractivity contribution < 1.29 is 4.79 Å². The molecular weight excluding hydrogens is 386 g/mol. The lowest BCUT2D eigenvalue weighted by Gasteiger charge is -2.29. The fraction of sp³-hybridized carbons (Fsp3) is 0.500. The minimum atomic E-state index is -0.0271. The van der Waals surface area contributed by atoms with Gasteiger partial charge in [-0.1, -0.05) is 23.7 Å². The molecule has 29 heavy (non-hydrogen) atoms. The van der Waals surface area contributed by atoms with Crippen LogP contribution in [0.5, 0.6) is 0 Å². The fourth-order valence-corrected chi connectivity index (χ4v) is 3.82. The molecule has 156 valence electrons. The highest BCUT2D eigenvalue weighted by Crippen LogP contribution is 2.27. The molecule has 2 aromatic rings. The molecular formula is C22H30ClN5O. The van der Waals surface area contributed by atoms with E-state index in [0.29, 0.717) is 17.0 Å². The summed E-state index contributed by atoms with van der Waals surface area (Å²) in [5, 5.41) is 7.30. The molecule has 1 aromatic heterocycles. The molecule has 1 saturated carbocycles. The van der Waals surface area contributed by atoms with Gasteiger partial charge in [0.15, 0.2) is 0 Å². The number of carbonyl (C=O) groups is 1. The van der Waals surface area contributed by atoms with Crippen molar-refractivity contribution in [2.75, 3.05) is 24.3 Å². The van der Waals surface area contributed by atoms with Gasteiger partial charge in [-0.15, -0.1) is 0 Å². The van der Waals surface area contributed by atoms with Gasteiger partial charge < -0.3 is 15.5 Å². The average molecular weight is 416 g/mol. The zero-order valence-corrected chi connectivity index (χ0v) is 18.3. The Hall–Kier alpha value is -2.34. The summed E-state index contributed by atoms with van der Waals surface area (Å²) < 4.78 is 0. The number of halogens is 1. The van der Waals surface area contributed by atoms with E-state index in [1.165, 1.54) is 0 Å². The molecule has 1 fully saturated rings. The van der Waals surface area contributed by atoms with Crippen molar-refractivity contribution in [2.45, 2.75) is 51.6 Å². The third kappa shape index (κ3) is 5.82. The highest BCUT2D eigenvalue weighted by molar-refractivity contribution is 6.30. The topological polar surface area (TPSA) is 70.2 Å². The second kappa shape index (κ2) is 9.44. The van der Waals surface area contributed by atoms with E-state index in [0.717, 1.165) is 42.8 Å². The third-order valence-corrected chi connectivity index (χ3v) is 5.71. The molecule has 1 aromatic carbocycles. The number of amides is 1. The van der Waals surface area contributed by atoms with E-state index in [1.54, 1.807) is 0 Å². The minimum Gasteiger partial charge on any atom is -0.363 e. The molecule has 0 saturated heterocycles. The summed E-state index contributed by atoms with van der Waals surface area (Å²) in [5.74, 6) is 1.74. The Labute approximate surface area is 178 Å². The fourth-order valence-electron chi connectivity index (χ4n) is 3.69. The number of hydrogen-bond acceptors (Lipinski definition) is 5. The second-order valence-corrected chi connectivity index (χ2v) is 8.50. The van der Waals surface area contributed by atoms with Gasteiger partial charge in [-0.25, -0.2) is 4.98 Å². The van der Waals surface area contributed by atoms with E-state index in [4.69, 9.17) is 11.6 Å². The molecule has 0 spiro atoms. The number of carbonyl (C=O) groups excluding carboxylic acids is 1. The van der Waals surface area contributed by atoms with Crippen LogP contribution in [0.1, 0.15) is 49.9 Å². The van der Waals surface area contributed by atoms with Crippen molar-refractivity contribution in [1.29, 1.82) is 0 Å². The van der Waals surface area contributed by atoms with Gasteiger partial charge in [0.05, 0.1) is 6.04 Å². The van der Waals surface area contributed by atoms with Crippen molar-refractivity contribution in [3.05, 3.63) is 46.6 Å². The smallest absolute Gasteiger partial charge is 0.225 e. The monoisotopic (exact) mass is 415 g/mol. The number of hydrogen-bond donors (Lipinski definition) is 2. The van der Waals surface area contributed by atoms with Gasteiger partial charge in [-0.3, -0.25) is 4.79 Å². The summed E-state index contributed by atoms with van der Waals surface area (Å²) in [6, 6.07) is 9.85. The van der Waals surface area contributed by atoms with Gasteiger partial charge in [0.2, 0.25) is 11.9 Å². The standard InChI is InChI=1S/C22H30ClN5O/c1-14-13-20(28(3)4)27-22(24-14)26-19-11-7-17(8-12-19)21(29)25-15(2)16-5-9-18(23)10-6-16/h5-6,9-10,13,15,17,19H,7-8,11-12H2,1-4H3,(H,25,29)(H,24,26,27)/t15-,17?,19?/m1/s1. The molecule has 0 bridgehead atoms. The summed E-state index contributed by atoms with van der Waals surface area (Å²) in [7, 11) is 3.95. The van der Waals surface area contributed by atoms with Crippen LogP contribution in [0.15, 0.2) is 30.3 Å². The average Bonchev–Trinajstić information content (AvgIpc) is 2.68. The molecule has 1 atom stereocenters. The second-order valence-electron chi connectivity index (χ2n) is 8.06. The molecule has 6 nitrogen and oxygen atoms in total. The Bertz CT molecular complexity index is 832. The normalized spacial score (nSPS) is 20.0. The maximum atomic E-state index is 12.7. The Kier molecular flexibility index (Phi) is 6.96. The number of aromatic nitrogens is 2. The molecule has 3 rings (SSSR count). The van der Waals surface area contributed by atoms with Gasteiger partial charge in [-0.05, 0) is 57.2 Å². The van der Waals surface area contributed by atoms with E-state index < -0.39 is 0 Å². The molecule has 1 aliphatic rings. The summed E-state index contributed by atoms with van der Waals surface area (Å²) in [4.78, 5) is 23.7. The largest absolute Gasteiger partial charge is 0.363 e. The highest BCUT2D eigenvalue weighted by Gasteiger charge is 2.27. The summed E-state index contributed by atoms with van der Waals surface area (Å²) >= 11 is 5.94. The SMILES string of the molecule is Cc1cc(N(C)C)nc(NC2CCC(C(=O)N[C@H](C)c3ccc(Cl)cc3)CC2)n1. The molecule has 1 aliphatic carbocycles. The number of nitrogens with one attached hydrogen (secondary N) is 2. The van der Waals surface area contributed by atoms with Crippen LogP contribution in [-0.4, -0.2) is 36.0 Å². The van der Waals surface area contributed by atoms with Crippen molar-refractivity contribution in [3.63, 3.8) is 0 Å². The zero-order chi connectivity index (χ0) is 21.0. The maximum Gasteiger partial charge on any atom is 0.225 e. The predicted octanol–water partition coefficient (Wildman–Crippen LogP) is 4.35. The number of aryl methyl sites for hydroxylation is 1. The lowest BCUT2D eigenvalue weighted by atomic mass is 9.85. The first-order valence-corrected chi connectivity index (χ1v) is 10.5. The van der Waals surface area contributed by atoms with Crippen LogP contribution in [0.2, 0.25) is 5.02 Å². The number of anilines is 2. The zero-order valence-electron chi connectivity index (χ0n) is 17.6. The van der Waals surface area contributed by atoms with E-state index >= 15 is 0 Å². The summed E-state index contributed by atoms with van der Waals surface area (Å²) in [6.07, 6.45) is 3.59. The molecule has 0 aliphatic heterocycles. The van der Waals surface area contributed by atoms with Crippen LogP contribution in [0.4, 0.5) is 11.8 Å². The quantitative estimate of drug-likeness (QED) is 0.733.